The van der Waals surface area contributed by atoms with Gasteiger partial charge in [0.25, 0.3) is 0 Å². The summed E-state index contributed by atoms with van der Waals surface area (Å²) in [5.41, 5.74) is 0.536. The van der Waals surface area contributed by atoms with Crippen LogP contribution in [0.5, 0.6) is 11.5 Å². The fourth-order valence-corrected chi connectivity index (χ4v) is 1.66. The van der Waals surface area contributed by atoms with Gasteiger partial charge in [0, 0.05) is 11.6 Å². The van der Waals surface area contributed by atoms with E-state index in [-0.39, 0.29) is 16.3 Å². The zero-order chi connectivity index (χ0) is 13.8. The molecule has 0 atom stereocenters. The number of nitriles is 1. The molecule has 19 heavy (non-hydrogen) atoms. The lowest BCUT2D eigenvalue weighted by atomic mass is 10.2. The van der Waals surface area contributed by atoms with E-state index in [4.69, 9.17) is 21.6 Å². The van der Waals surface area contributed by atoms with Crippen LogP contribution in [0.25, 0.3) is 0 Å². The Hall–Kier alpha value is -2.38. The van der Waals surface area contributed by atoms with Crippen molar-refractivity contribution in [1.82, 2.24) is 0 Å². The number of benzene rings is 2. The molecule has 0 aromatic heterocycles. The van der Waals surface area contributed by atoms with E-state index in [1.165, 1.54) is 30.3 Å². The molecule has 2 aromatic carbocycles. The van der Waals surface area contributed by atoms with Crippen LogP contribution in [-0.4, -0.2) is 6.29 Å². The topological polar surface area (TPSA) is 50.1 Å². The van der Waals surface area contributed by atoms with Gasteiger partial charge < -0.3 is 4.74 Å². The zero-order valence-corrected chi connectivity index (χ0v) is 10.3. The molecule has 5 heteroatoms. The standard InChI is InChI=1S/C14H7ClFNO2/c15-12-6-11(3-2-10(12)7-17)19-14-4-1-9(8-18)5-13(14)16/h1-6,8H. The van der Waals surface area contributed by atoms with Crippen LogP contribution in [0.4, 0.5) is 4.39 Å². The van der Waals surface area contributed by atoms with Crippen LogP contribution < -0.4 is 4.74 Å². The highest BCUT2D eigenvalue weighted by Gasteiger charge is 2.07. The van der Waals surface area contributed by atoms with Gasteiger partial charge in [-0.3, -0.25) is 4.79 Å². The Balaban J connectivity index is 2.29. The second-order valence-corrected chi connectivity index (χ2v) is 4.07. The van der Waals surface area contributed by atoms with Crippen molar-refractivity contribution in [2.75, 3.05) is 0 Å². The predicted molar refractivity (Wildman–Crippen MR) is 68.0 cm³/mol. The van der Waals surface area contributed by atoms with E-state index in [9.17, 15) is 9.18 Å². The highest BCUT2D eigenvalue weighted by atomic mass is 35.5. The van der Waals surface area contributed by atoms with Crippen molar-refractivity contribution in [3.63, 3.8) is 0 Å². The van der Waals surface area contributed by atoms with E-state index in [0.717, 1.165) is 6.07 Å². The number of nitrogens with zero attached hydrogens (tertiary/aromatic N) is 1. The molecular weight excluding hydrogens is 269 g/mol. The Kier molecular flexibility index (Phi) is 3.79. The van der Waals surface area contributed by atoms with E-state index in [1.54, 1.807) is 0 Å². The third-order valence-corrected chi connectivity index (χ3v) is 2.69. The largest absolute Gasteiger partial charge is 0.454 e. The summed E-state index contributed by atoms with van der Waals surface area (Å²) >= 11 is 5.84. The Morgan fingerprint density at radius 1 is 1.26 bits per heavy atom. The normalized spacial score (nSPS) is 9.74. The highest BCUT2D eigenvalue weighted by Crippen LogP contribution is 2.28. The zero-order valence-electron chi connectivity index (χ0n) is 9.56. The molecule has 0 N–H and O–H groups in total. The van der Waals surface area contributed by atoms with Gasteiger partial charge in [-0.15, -0.1) is 0 Å². The van der Waals surface area contributed by atoms with Crippen molar-refractivity contribution < 1.29 is 13.9 Å². The summed E-state index contributed by atoms with van der Waals surface area (Å²) in [6, 6.07) is 10.2. The van der Waals surface area contributed by atoms with Gasteiger partial charge in [-0.2, -0.15) is 5.26 Å². The van der Waals surface area contributed by atoms with Crippen LogP contribution in [0.15, 0.2) is 36.4 Å². The average Bonchev–Trinajstić information content (AvgIpc) is 2.41. The third kappa shape index (κ3) is 2.90. The number of aldehydes is 1. The summed E-state index contributed by atoms with van der Waals surface area (Å²) in [6.07, 6.45) is 0.547. The van der Waals surface area contributed by atoms with Crippen molar-refractivity contribution in [2.45, 2.75) is 0 Å². The molecule has 0 spiro atoms. The number of carbonyl (C=O) groups excluding carboxylic acids is 1. The first-order valence-corrected chi connectivity index (χ1v) is 5.64. The quantitative estimate of drug-likeness (QED) is 0.797. The monoisotopic (exact) mass is 275 g/mol. The van der Waals surface area contributed by atoms with Crippen LogP contribution in [0.3, 0.4) is 0 Å². The molecule has 0 saturated carbocycles. The first-order valence-electron chi connectivity index (χ1n) is 5.26. The smallest absolute Gasteiger partial charge is 0.166 e. The fraction of sp³-hybridized carbons (Fsp3) is 0. The Labute approximate surface area is 113 Å². The summed E-state index contributed by atoms with van der Waals surface area (Å²) in [5.74, 6) is -0.363. The van der Waals surface area contributed by atoms with Gasteiger partial charge in [-0.05, 0) is 30.3 Å². The van der Waals surface area contributed by atoms with Crippen LogP contribution in [-0.2, 0) is 0 Å². The Morgan fingerprint density at radius 2 is 2.05 bits per heavy atom. The molecule has 0 radical (unpaired) electrons. The average molecular weight is 276 g/mol. The molecule has 0 unspecified atom stereocenters. The van der Waals surface area contributed by atoms with Gasteiger partial charge in [0.2, 0.25) is 0 Å². The van der Waals surface area contributed by atoms with Crippen molar-refractivity contribution in [3.05, 3.63) is 58.4 Å². The van der Waals surface area contributed by atoms with E-state index in [1.807, 2.05) is 6.07 Å². The summed E-state index contributed by atoms with van der Waals surface area (Å²) in [4.78, 5) is 10.5. The number of hydrogen-bond acceptors (Lipinski definition) is 3. The van der Waals surface area contributed by atoms with Gasteiger partial charge in [0.15, 0.2) is 11.6 Å². The lowest BCUT2D eigenvalue weighted by molar-refractivity contribution is 0.112. The minimum Gasteiger partial charge on any atom is -0.454 e. The molecule has 2 aromatic rings. The van der Waals surface area contributed by atoms with Crippen LogP contribution in [0.1, 0.15) is 15.9 Å². The van der Waals surface area contributed by atoms with Crippen molar-refractivity contribution in [2.24, 2.45) is 0 Å². The SMILES string of the molecule is N#Cc1ccc(Oc2ccc(C=O)cc2F)cc1Cl. The molecule has 3 nitrogen and oxygen atoms in total. The lowest BCUT2D eigenvalue weighted by Crippen LogP contribution is -1.91. The first-order chi connectivity index (χ1) is 9.13. The van der Waals surface area contributed by atoms with Crippen LogP contribution in [0, 0.1) is 17.1 Å². The van der Waals surface area contributed by atoms with Gasteiger partial charge >= 0.3 is 0 Å². The molecule has 0 bridgehead atoms. The number of hydrogen-bond donors (Lipinski definition) is 0. The molecule has 0 aliphatic rings. The lowest BCUT2D eigenvalue weighted by Gasteiger charge is -2.07. The molecule has 94 valence electrons. The molecule has 0 aliphatic heterocycles. The van der Waals surface area contributed by atoms with Gasteiger partial charge in [0.1, 0.15) is 18.1 Å². The minimum atomic E-state index is -0.648. The number of carbonyl (C=O) groups is 1. The Morgan fingerprint density at radius 3 is 2.63 bits per heavy atom. The van der Waals surface area contributed by atoms with Crippen LogP contribution >= 0.6 is 11.6 Å². The van der Waals surface area contributed by atoms with Gasteiger partial charge in [-0.1, -0.05) is 11.6 Å². The number of rotatable bonds is 3. The van der Waals surface area contributed by atoms with Crippen molar-refractivity contribution in [1.29, 1.82) is 5.26 Å². The molecule has 0 saturated heterocycles. The molecule has 0 fully saturated rings. The fourth-order valence-electron chi connectivity index (χ4n) is 1.45. The highest BCUT2D eigenvalue weighted by molar-refractivity contribution is 6.31. The summed E-state index contributed by atoms with van der Waals surface area (Å²) < 4.78 is 18.9. The second-order valence-electron chi connectivity index (χ2n) is 3.66. The van der Waals surface area contributed by atoms with E-state index < -0.39 is 5.82 Å². The number of halogens is 2. The van der Waals surface area contributed by atoms with E-state index in [2.05, 4.69) is 0 Å². The maximum Gasteiger partial charge on any atom is 0.166 e. The van der Waals surface area contributed by atoms with Gasteiger partial charge in [0.05, 0.1) is 10.6 Å². The molecule has 0 aliphatic carbocycles. The second kappa shape index (κ2) is 5.51. The Bertz CT molecular complexity index is 680. The van der Waals surface area contributed by atoms with Crippen molar-refractivity contribution >= 4 is 17.9 Å². The van der Waals surface area contributed by atoms with Gasteiger partial charge in [-0.25, -0.2) is 4.39 Å². The van der Waals surface area contributed by atoms with E-state index in [0.29, 0.717) is 17.6 Å². The van der Waals surface area contributed by atoms with E-state index >= 15 is 0 Å². The molecule has 0 amide bonds. The molecule has 0 heterocycles. The number of ether oxygens (including phenoxy) is 1. The maximum absolute atomic E-state index is 13.6. The predicted octanol–water partition coefficient (Wildman–Crippen LogP) is 3.96. The van der Waals surface area contributed by atoms with Crippen molar-refractivity contribution in [3.8, 4) is 17.6 Å². The van der Waals surface area contributed by atoms with Crippen LogP contribution in [0.2, 0.25) is 5.02 Å². The summed E-state index contributed by atoms with van der Waals surface area (Å²) in [6.45, 7) is 0. The third-order valence-electron chi connectivity index (χ3n) is 2.38. The maximum atomic E-state index is 13.6. The first kappa shape index (κ1) is 13.1. The summed E-state index contributed by atoms with van der Waals surface area (Å²) in [7, 11) is 0. The molecular formula is C14H7ClFNO2. The summed E-state index contributed by atoms with van der Waals surface area (Å²) in [5, 5.41) is 8.96. The molecule has 2 rings (SSSR count). The minimum absolute atomic E-state index is 0.0219.